The first-order chi connectivity index (χ1) is 21.4. The summed E-state index contributed by atoms with van der Waals surface area (Å²) in [6, 6.07) is 14.3. The van der Waals surface area contributed by atoms with Crippen molar-refractivity contribution in [3.63, 3.8) is 0 Å². The molecular weight excluding hydrogens is 637 g/mol. The van der Waals surface area contributed by atoms with E-state index in [2.05, 4.69) is 0 Å². The summed E-state index contributed by atoms with van der Waals surface area (Å²) >= 11 is 11.5. The van der Waals surface area contributed by atoms with E-state index in [9.17, 15) is 33.7 Å². The second-order valence-electron chi connectivity index (χ2n) is 9.20. The lowest BCUT2D eigenvalue weighted by Gasteiger charge is -2.18. The van der Waals surface area contributed by atoms with E-state index in [1.54, 1.807) is 12.1 Å². The summed E-state index contributed by atoms with van der Waals surface area (Å²) in [5.41, 5.74) is 0.698. The minimum Gasteiger partial charge on any atom is -0.496 e. The van der Waals surface area contributed by atoms with Gasteiger partial charge in [-0.1, -0.05) is 47.5 Å². The van der Waals surface area contributed by atoms with Crippen molar-refractivity contribution in [3.8, 4) is 23.0 Å². The van der Waals surface area contributed by atoms with Crippen LogP contribution in [-0.2, 0) is 6.42 Å². The highest BCUT2D eigenvalue weighted by Crippen LogP contribution is 2.37. The molecule has 0 aliphatic rings. The van der Waals surface area contributed by atoms with Crippen LogP contribution in [0.2, 0.25) is 10.0 Å². The minimum atomic E-state index is -1.45. The molecule has 4 rings (SSSR count). The van der Waals surface area contributed by atoms with Gasteiger partial charge >= 0.3 is 11.9 Å². The first-order valence-electron chi connectivity index (χ1n) is 12.9. The predicted octanol–water partition coefficient (Wildman–Crippen LogP) is 7.06. The number of aliphatic hydroxyl groups is 1. The average molecular weight is 665 g/mol. The van der Waals surface area contributed by atoms with Crippen LogP contribution in [0.1, 0.15) is 49.1 Å². The van der Waals surface area contributed by atoms with Crippen molar-refractivity contribution < 1.29 is 52.6 Å². The first-order valence-corrected chi connectivity index (χ1v) is 13.7. The van der Waals surface area contributed by atoms with Gasteiger partial charge in [0.25, 0.3) is 0 Å². The Morgan fingerprint density at radius 1 is 0.667 bits per heavy atom. The molecule has 0 saturated heterocycles. The molecule has 1 atom stereocenters. The van der Waals surface area contributed by atoms with Crippen molar-refractivity contribution >= 4 is 35.1 Å². The van der Waals surface area contributed by atoms with Gasteiger partial charge in [-0.25, -0.2) is 18.4 Å². The molecule has 0 spiro atoms. The summed E-state index contributed by atoms with van der Waals surface area (Å²) < 4.78 is 48.5. The van der Waals surface area contributed by atoms with Crippen LogP contribution in [0.15, 0.2) is 60.7 Å². The van der Waals surface area contributed by atoms with E-state index in [4.69, 9.17) is 42.1 Å². The summed E-state index contributed by atoms with van der Waals surface area (Å²) in [5, 5.41) is 28.8. The fraction of sp³-hybridized carbons (Fsp3) is 0.188. The number of rotatable bonds is 10. The quantitative estimate of drug-likeness (QED) is 0.163. The molecule has 0 bridgehead atoms. The largest absolute Gasteiger partial charge is 0.496 e. The highest BCUT2D eigenvalue weighted by atomic mass is 35.5. The van der Waals surface area contributed by atoms with E-state index in [1.807, 2.05) is 0 Å². The van der Waals surface area contributed by atoms with Crippen LogP contribution in [-0.4, -0.2) is 55.7 Å². The molecule has 0 aliphatic heterocycles. The van der Waals surface area contributed by atoms with Gasteiger partial charge in [0.1, 0.15) is 51.9 Å². The number of hydrogen-bond donors (Lipinski definition) is 3. The molecular formula is C32H28Cl2F2O9. The lowest BCUT2D eigenvalue weighted by Crippen LogP contribution is -2.09. The monoisotopic (exact) mass is 664 g/mol. The van der Waals surface area contributed by atoms with Crippen molar-refractivity contribution in [2.24, 2.45) is 0 Å². The Bertz CT molecular complexity index is 1710. The van der Waals surface area contributed by atoms with Crippen LogP contribution in [0, 0.1) is 11.6 Å². The molecule has 0 amide bonds. The fourth-order valence-corrected chi connectivity index (χ4v) is 4.74. The molecule has 0 aliphatic carbocycles. The predicted molar refractivity (Wildman–Crippen MR) is 163 cm³/mol. The topological polar surface area (TPSA) is 132 Å². The third-order valence-corrected chi connectivity index (χ3v) is 7.18. The zero-order valence-corrected chi connectivity index (χ0v) is 25.9. The summed E-state index contributed by atoms with van der Waals surface area (Å²) in [7, 11) is 5.48. The summed E-state index contributed by atoms with van der Waals surface area (Å²) in [5.74, 6) is -2.86. The summed E-state index contributed by atoms with van der Waals surface area (Å²) in [6.07, 6.45) is -1.30. The molecule has 4 aromatic carbocycles. The zero-order valence-electron chi connectivity index (χ0n) is 24.4. The van der Waals surface area contributed by atoms with Gasteiger partial charge in [-0.05, 0) is 35.4 Å². The van der Waals surface area contributed by atoms with E-state index in [1.165, 1.54) is 77.0 Å². The molecule has 0 aromatic heterocycles. The second-order valence-corrected chi connectivity index (χ2v) is 10.0. The average Bonchev–Trinajstić information content (AvgIpc) is 3.03. The van der Waals surface area contributed by atoms with Crippen molar-refractivity contribution in [3.05, 3.63) is 116 Å². The lowest BCUT2D eigenvalue weighted by atomic mass is 9.97. The molecule has 0 saturated carbocycles. The van der Waals surface area contributed by atoms with E-state index in [-0.39, 0.29) is 56.0 Å². The smallest absolute Gasteiger partial charge is 0.339 e. The summed E-state index contributed by atoms with van der Waals surface area (Å²) in [6.45, 7) is 0. The highest BCUT2D eigenvalue weighted by molar-refractivity contribution is 6.31. The fourth-order valence-electron chi connectivity index (χ4n) is 4.36. The van der Waals surface area contributed by atoms with Crippen LogP contribution in [0.25, 0.3) is 0 Å². The number of methoxy groups -OCH3 is 4. The molecule has 4 aromatic rings. The van der Waals surface area contributed by atoms with E-state index in [0.717, 1.165) is 0 Å². The highest BCUT2D eigenvalue weighted by Gasteiger charge is 2.24. The van der Waals surface area contributed by atoms with Gasteiger partial charge in [0.15, 0.2) is 0 Å². The molecule has 0 radical (unpaired) electrons. The number of aliphatic hydroxyl groups excluding tert-OH is 1. The third kappa shape index (κ3) is 7.93. The van der Waals surface area contributed by atoms with Crippen molar-refractivity contribution in [1.29, 1.82) is 0 Å². The Balaban J connectivity index is 0.000000246. The third-order valence-electron chi connectivity index (χ3n) is 6.60. The maximum absolute atomic E-state index is 14.1. The van der Waals surface area contributed by atoms with Gasteiger partial charge in [-0.2, -0.15) is 0 Å². The van der Waals surface area contributed by atoms with Gasteiger partial charge in [-0.15, -0.1) is 0 Å². The maximum Gasteiger partial charge on any atom is 0.339 e. The SMILES string of the molecule is COc1cc(OC)c(C(=O)O)cc1Cc1cccc(Cl)c1F.COc1cc(OC)c(C(O)c2cccc(Cl)c2F)cc1C(=O)O. The molecule has 3 N–H and O–H groups in total. The van der Waals surface area contributed by atoms with Crippen molar-refractivity contribution in [2.75, 3.05) is 28.4 Å². The number of carbonyl (C=O) groups is 2. The van der Waals surface area contributed by atoms with Crippen LogP contribution in [0.4, 0.5) is 8.78 Å². The van der Waals surface area contributed by atoms with Gasteiger partial charge in [0, 0.05) is 29.7 Å². The number of carboxylic acid groups (broad SMARTS) is 2. The summed E-state index contributed by atoms with van der Waals surface area (Å²) in [4.78, 5) is 22.6. The van der Waals surface area contributed by atoms with Crippen LogP contribution in [0.3, 0.4) is 0 Å². The Labute approximate surface area is 267 Å². The van der Waals surface area contributed by atoms with Crippen molar-refractivity contribution in [1.82, 2.24) is 0 Å². The number of hydrogen-bond acceptors (Lipinski definition) is 7. The normalized spacial score (nSPS) is 11.1. The number of carboxylic acids is 2. The van der Waals surface area contributed by atoms with E-state index < -0.39 is 29.7 Å². The van der Waals surface area contributed by atoms with Crippen molar-refractivity contribution in [2.45, 2.75) is 12.5 Å². The standard InChI is InChI=1S/C16H14ClFO5.C16H14ClFO4/c1-22-12-7-13(23-2)10(16(20)21)6-9(12)15(19)8-4-3-5-11(17)14(8)18;1-21-13-8-14(22-2)11(16(19)20)7-10(13)6-9-4-3-5-12(17)15(9)18/h3-7,15,19H,1-2H3,(H,20,21);3-5,7-8H,6H2,1-2H3,(H,19,20). The Kier molecular flexibility index (Phi) is 12.0. The number of halogens is 4. The Morgan fingerprint density at radius 2 is 1.16 bits per heavy atom. The molecule has 1 unspecified atom stereocenters. The van der Waals surface area contributed by atoms with E-state index >= 15 is 0 Å². The van der Waals surface area contributed by atoms with Crippen LogP contribution in [0.5, 0.6) is 23.0 Å². The van der Waals surface area contributed by atoms with Crippen LogP contribution < -0.4 is 18.9 Å². The molecule has 0 heterocycles. The van der Waals surface area contributed by atoms with E-state index in [0.29, 0.717) is 16.9 Å². The Morgan fingerprint density at radius 3 is 1.69 bits per heavy atom. The number of ether oxygens (including phenoxy) is 4. The molecule has 45 heavy (non-hydrogen) atoms. The van der Waals surface area contributed by atoms with Gasteiger partial charge in [0.2, 0.25) is 0 Å². The number of aromatic carboxylic acids is 2. The van der Waals surface area contributed by atoms with Gasteiger partial charge in [-0.3, -0.25) is 0 Å². The molecule has 13 heteroatoms. The van der Waals surface area contributed by atoms with Gasteiger partial charge in [0.05, 0.1) is 38.5 Å². The first kappa shape index (κ1) is 34.9. The Hall–Kier alpha value is -4.58. The van der Waals surface area contributed by atoms with Crippen LogP contribution >= 0.6 is 23.2 Å². The molecule has 9 nitrogen and oxygen atoms in total. The van der Waals surface area contributed by atoms with Gasteiger partial charge < -0.3 is 34.3 Å². The molecule has 0 fully saturated rings. The molecule has 238 valence electrons. The zero-order chi connectivity index (χ0) is 33.4. The lowest BCUT2D eigenvalue weighted by molar-refractivity contribution is 0.0681. The number of benzene rings is 4. The minimum absolute atomic E-state index is 0.0132. The second kappa shape index (κ2) is 15.4. The maximum atomic E-state index is 14.1.